The van der Waals surface area contributed by atoms with Gasteiger partial charge in [0.1, 0.15) is 17.3 Å². The van der Waals surface area contributed by atoms with Gasteiger partial charge in [-0.15, -0.1) is 0 Å². The third-order valence-corrected chi connectivity index (χ3v) is 4.60. The second-order valence-electron chi connectivity index (χ2n) is 6.76. The van der Waals surface area contributed by atoms with Crippen molar-refractivity contribution >= 4 is 23.5 Å². The molecule has 4 rings (SSSR count). The van der Waals surface area contributed by atoms with E-state index in [1.165, 1.54) is 55.7 Å². The number of Topliss-reactive ketones (excluding diaryl/α,β-unsaturated/α-hetero) is 1. The summed E-state index contributed by atoms with van der Waals surface area (Å²) in [5, 5.41) is 14.4. The molecule has 0 saturated heterocycles. The van der Waals surface area contributed by atoms with E-state index in [1.807, 2.05) is 0 Å². The average Bonchev–Trinajstić information content (AvgIpc) is 3.37. The lowest BCUT2D eigenvalue weighted by atomic mass is 10.1. The summed E-state index contributed by atoms with van der Waals surface area (Å²) in [6, 6.07) is 11.8. The lowest BCUT2D eigenvalue weighted by Crippen LogP contribution is -2.08. The number of ether oxygens (including phenoxy) is 3. The maximum absolute atomic E-state index is 12.6. The molecular formula is C22H16N2O8. The molecule has 0 atom stereocenters. The molecule has 10 nitrogen and oxygen atoms in total. The summed E-state index contributed by atoms with van der Waals surface area (Å²) in [7, 11) is 1.46. The molecule has 0 radical (unpaired) electrons. The molecule has 0 aliphatic carbocycles. The van der Waals surface area contributed by atoms with Crippen LogP contribution in [0.15, 0.2) is 58.8 Å². The standard InChI is InChI=1S/C22H16N2O8/c1-29-20-12-16(32-23-20)7-9-21(25)30-15-6-8-17-18(11-15)31-19(22(17)26)10-13-2-4-14(5-3-13)24(27)28/h2-6,8,10-12H,7,9H2,1H3/b19-10-. The molecule has 3 aromatic rings. The molecule has 1 aliphatic heterocycles. The van der Waals surface area contributed by atoms with Gasteiger partial charge in [0.2, 0.25) is 5.78 Å². The van der Waals surface area contributed by atoms with E-state index < -0.39 is 10.9 Å². The quantitative estimate of drug-likeness (QED) is 0.179. The number of rotatable bonds is 7. The van der Waals surface area contributed by atoms with Crippen LogP contribution in [0, 0.1) is 10.1 Å². The van der Waals surface area contributed by atoms with Gasteiger partial charge in [-0.25, -0.2) is 0 Å². The zero-order chi connectivity index (χ0) is 22.7. The molecule has 1 aromatic heterocycles. The molecule has 32 heavy (non-hydrogen) atoms. The fraction of sp³-hybridized carbons (Fsp3) is 0.136. The smallest absolute Gasteiger partial charge is 0.311 e. The van der Waals surface area contributed by atoms with Crippen LogP contribution in [0.4, 0.5) is 5.69 Å². The van der Waals surface area contributed by atoms with Crippen molar-refractivity contribution in [3.63, 3.8) is 0 Å². The number of carbonyl (C=O) groups excluding carboxylic acids is 2. The monoisotopic (exact) mass is 436 g/mol. The number of hydrogen-bond acceptors (Lipinski definition) is 9. The first kappa shape index (κ1) is 20.8. The fourth-order valence-corrected chi connectivity index (χ4v) is 2.99. The van der Waals surface area contributed by atoms with Crippen LogP contribution in [-0.4, -0.2) is 28.9 Å². The highest BCUT2D eigenvalue weighted by atomic mass is 16.6. The second-order valence-corrected chi connectivity index (χ2v) is 6.76. The maximum Gasteiger partial charge on any atom is 0.311 e. The van der Waals surface area contributed by atoms with Crippen molar-refractivity contribution in [3.8, 4) is 17.4 Å². The van der Waals surface area contributed by atoms with E-state index >= 15 is 0 Å². The van der Waals surface area contributed by atoms with Crippen LogP contribution in [0.1, 0.15) is 28.1 Å². The molecule has 2 heterocycles. The summed E-state index contributed by atoms with van der Waals surface area (Å²) in [5.74, 6) is 0.536. The molecule has 0 amide bonds. The lowest BCUT2D eigenvalue weighted by molar-refractivity contribution is -0.384. The van der Waals surface area contributed by atoms with Crippen LogP contribution < -0.4 is 14.2 Å². The van der Waals surface area contributed by atoms with Gasteiger partial charge in [0, 0.05) is 30.7 Å². The molecule has 10 heteroatoms. The predicted molar refractivity (Wildman–Crippen MR) is 109 cm³/mol. The number of nitro groups is 1. The van der Waals surface area contributed by atoms with Gasteiger partial charge in [0.25, 0.3) is 11.6 Å². The number of fused-ring (bicyclic) bond motifs is 1. The van der Waals surface area contributed by atoms with Gasteiger partial charge >= 0.3 is 5.97 Å². The first-order chi connectivity index (χ1) is 15.4. The van der Waals surface area contributed by atoms with Gasteiger partial charge in [-0.05, 0) is 41.1 Å². The molecule has 0 saturated carbocycles. The fourth-order valence-electron chi connectivity index (χ4n) is 2.99. The number of aryl methyl sites for hydroxylation is 1. The van der Waals surface area contributed by atoms with Crippen molar-refractivity contribution < 1.29 is 33.2 Å². The van der Waals surface area contributed by atoms with E-state index in [9.17, 15) is 19.7 Å². The summed E-state index contributed by atoms with van der Waals surface area (Å²) in [6.45, 7) is 0. The van der Waals surface area contributed by atoms with Gasteiger partial charge < -0.3 is 18.7 Å². The molecular weight excluding hydrogens is 420 g/mol. The van der Waals surface area contributed by atoms with Crippen molar-refractivity contribution in [1.82, 2.24) is 5.16 Å². The Morgan fingerprint density at radius 2 is 1.97 bits per heavy atom. The van der Waals surface area contributed by atoms with Crippen molar-refractivity contribution in [1.29, 1.82) is 0 Å². The molecule has 0 bridgehead atoms. The van der Waals surface area contributed by atoms with E-state index in [0.717, 1.165) is 0 Å². The minimum absolute atomic E-state index is 0.0528. The first-order valence-electron chi connectivity index (χ1n) is 9.46. The molecule has 2 aromatic carbocycles. The van der Waals surface area contributed by atoms with E-state index in [-0.39, 0.29) is 41.6 Å². The number of aromatic nitrogens is 1. The van der Waals surface area contributed by atoms with E-state index in [2.05, 4.69) is 5.16 Å². The Labute approximate surface area is 181 Å². The van der Waals surface area contributed by atoms with Crippen LogP contribution in [0.2, 0.25) is 0 Å². The number of allylic oxidation sites excluding steroid dienone is 1. The number of nitrogens with zero attached hydrogens (tertiary/aromatic N) is 2. The van der Waals surface area contributed by atoms with Crippen LogP contribution in [0.3, 0.4) is 0 Å². The number of carbonyl (C=O) groups is 2. The third-order valence-electron chi connectivity index (χ3n) is 4.60. The lowest BCUT2D eigenvalue weighted by Gasteiger charge is -2.05. The van der Waals surface area contributed by atoms with Crippen molar-refractivity contribution in [2.24, 2.45) is 0 Å². The molecule has 0 unspecified atom stereocenters. The first-order valence-corrected chi connectivity index (χ1v) is 9.46. The zero-order valence-electron chi connectivity index (χ0n) is 16.8. The Hall–Kier alpha value is -4.47. The van der Waals surface area contributed by atoms with Crippen LogP contribution in [0.25, 0.3) is 6.08 Å². The number of ketones is 1. The summed E-state index contributed by atoms with van der Waals surface area (Å²) >= 11 is 0. The minimum Gasteiger partial charge on any atom is -0.479 e. The van der Waals surface area contributed by atoms with E-state index in [1.54, 1.807) is 6.07 Å². The van der Waals surface area contributed by atoms with Crippen LogP contribution >= 0.6 is 0 Å². The van der Waals surface area contributed by atoms with E-state index in [0.29, 0.717) is 22.8 Å². The number of esters is 1. The van der Waals surface area contributed by atoms with Gasteiger partial charge in [0.15, 0.2) is 5.76 Å². The molecule has 0 spiro atoms. The molecule has 0 fully saturated rings. The Morgan fingerprint density at radius 3 is 2.66 bits per heavy atom. The van der Waals surface area contributed by atoms with E-state index in [4.69, 9.17) is 18.7 Å². The molecule has 162 valence electrons. The highest BCUT2D eigenvalue weighted by molar-refractivity contribution is 6.14. The predicted octanol–water partition coefficient (Wildman–Crippen LogP) is 3.75. The Balaban J connectivity index is 1.40. The topological polar surface area (TPSA) is 131 Å². The highest BCUT2D eigenvalue weighted by Gasteiger charge is 2.28. The Bertz CT molecular complexity index is 1230. The number of hydrogen-bond donors (Lipinski definition) is 0. The SMILES string of the molecule is COc1cc(CCC(=O)Oc2ccc3c(c2)O/C(=C\c2ccc([N+](=O)[O-])cc2)C3=O)on1. The van der Waals surface area contributed by atoms with Gasteiger partial charge in [0.05, 0.1) is 24.0 Å². The number of benzene rings is 2. The normalized spacial score (nSPS) is 13.5. The van der Waals surface area contributed by atoms with Gasteiger partial charge in [-0.2, -0.15) is 0 Å². The average molecular weight is 436 g/mol. The highest BCUT2D eigenvalue weighted by Crippen LogP contribution is 2.35. The largest absolute Gasteiger partial charge is 0.479 e. The molecule has 1 aliphatic rings. The van der Waals surface area contributed by atoms with Gasteiger partial charge in [-0.3, -0.25) is 19.7 Å². The number of nitro benzene ring substituents is 1. The van der Waals surface area contributed by atoms with Crippen LogP contribution in [0.5, 0.6) is 17.4 Å². The van der Waals surface area contributed by atoms with Crippen molar-refractivity contribution in [2.45, 2.75) is 12.8 Å². The summed E-state index contributed by atoms with van der Waals surface area (Å²) < 4.78 is 20.9. The summed E-state index contributed by atoms with van der Waals surface area (Å²) in [6.07, 6.45) is 1.83. The minimum atomic E-state index is -0.505. The zero-order valence-corrected chi connectivity index (χ0v) is 16.8. The number of non-ortho nitro benzene ring substituents is 1. The third kappa shape index (κ3) is 4.48. The summed E-state index contributed by atoms with van der Waals surface area (Å²) in [4.78, 5) is 34.9. The maximum atomic E-state index is 12.6. The molecule has 0 N–H and O–H groups in total. The summed E-state index contributed by atoms with van der Waals surface area (Å²) in [5.41, 5.74) is 0.845. The van der Waals surface area contributed by atoms with Crippen molar-refractivity contribution in [3.05, 3.63) is 81.3 Å². The Morgan fingerprint density at radius 1 is 1.19 bits per heavy atom. The Kier molecular flexibility index (Phi) is 5.67. The van der Waals surface area contributed by atoms with Crippen molar-refractivity contribution in [2.75, 3.05) is 7.11 Å². The van der Waals surface area contributed by atoms with Gasteiger partial charge in [-0.1, -0.05) is 0 Å². The van der Waals surface area contributed by atoms with Crippen LogP contribution in [-0.2, 0) is 11.2 Å². The second kappa shape index (κ2) is 8.72. The number of methoxy groups -OCH3 is 1.